The summed E-state index contributed by atoms with van der Waals surface area (Å²) < 4.78 is 4.54. The van der Waals surface area contributed by atoms with E-state index in [-0.39, 0.29) is 0 Å². The lowest BCUT2D eigenvalue weighted by molar-refractivity contribution is 1.18. The van der Waals surface area contributed by atoms with Gasteiger partial charge in [0, 0.05) is 32.8 Å². The summed E-state index contributed by atoms with van der Waals surface area (Å²) in [5.74, 6) is 0. The highest BCUT2D eigenvalue weighted by Crippen LogP contribution is 2.40. The predicted molar refractivity (Wildman–Crippen MR) is 195 cm³/mol. The lowest BCUT2D eigenvalue weighted by atomic mass is 9.92. The summed E-state index contributed by atoms with van der Waals surface area (Å²) in [7, 11) is 0. The smallest absolute Gasteiger partial charge is 0.0998 e. The highest BCUT2D eigenvalue weighted by molar-refractivity contribution is 6.10. The first-order valence-corrected chi connectivity index (χ1v) is 15.9. The second-order valence-electron chi connectivity index (χ2n) is 12.0. The number of nitriles is 2. The highest BCUT2D eigenvalue weighted by atomic mass is 15.0. The Bertz CT molecular complexity index is 2710. The molecule has 0 aliphatic carbocycles. The number of hydrogen-bond donors (Lipinski definition) is 0. The zero-order chi connectivity index (χ0) is 32.2. The fourth-order valence-corrected chi connectivity index (χ4v) is 7.33. The van der Waals surface area contributed by atoms with Gasteiger partial charge in [0.05, 0.1) is 51.0 Å². The van der Waals surface area contributed by atoms with Gasteiger partial charge in [-0.2, -0.15) is 10.5 Å². The summed E-state index contributed by atoms with van der Waals surface area (Å²) in [4.78, 5) is 0. The molecule has 0 bridgehead atoms. The number of benzene rings is 7. The monoisotopic (exact) mass is 610 g/mol. The minimum Gasteiger partial charge on any atom is -0.309 e. The van der Waals surface area contributed by atoms with E-state index in [0.29, 0.717) is 11.1 Å². The van der Waals surface area contributed by atoms with E-state index in [1.807, 2.05) is 36.4 Å². The standard InChI is InChI=1S/C44H26N4/c45-27-29-23-32(30-11-9-13-34(26-30)47-39-18-5-1-14-35(39)36-15-2-6-19-40(36)47)25-33(24-29)44-31(28-46)12-10-22-43(44)48-41-20-7-3-16-37(41)38-17-4-8-21-42(38)48/h1-26H. The Kier molecular flexibility index (Phi) is 6.22. The van der Waals surface area contributed by atoms with Crippen molar-refractivity contribution in [3.63, 3.8) is 0 Å². The van der Waals surface area contributed by atoms with Gasteiger partial charge in [-0.05, 0) is 83.4 Å². The summed E-state index contributed by atoms with van der Waals surface area (Å²) in [5.41, 5.74) is 10.9. The minimum atomic E-state index is 0.533. The van der Waals surface area contributed by atoms with Crippen molar-refractivity contribution in [3.8, 4) is 45.8 Å². The maximum Gasteiger partial charge on any atom is 0.0998 e. The number of para-hydroxylation sites is 4. The van der Waals surface area contributed by atoms with Crippen LogP contribution in [0.3, 0.4) is 0 Å². The summed E-state index contributed by atoms with van der Waals surface area (Å²) in [6.45, 7) is 0. The van der Waals surface area contributed by atoms with E-state index >= 15 is 0 Å². The molecule has 0 amide bonds. The molecule has 0 aliphatic heterocycles. The molecule has 2 aromatic heterocycles. The number of rotatable bonds is 4. The Morgan fingerprint density at radius 2 is 0.917 bits per heavy atom. The van der Waals surface area contributed by atoms with E-state index in [0.717, 1.165) is 66.5 Å². The molecule has 0 aliphatic rings. The van der Waals surface area contributed by atoms with Crippen LogP contribution in [-0.2, 0) is 0 Å². The van der Waals surface area contributed by atoms with Crippen LogP contribution in [0.15, 0.2) is 158 Å². The molecular formula is C44H26N4. The number of fused-ring (bicyclic) bond motifs is 6. The topological polar surface area (TPSA) is 57.4 Å². The minimum absolute atomic E-state index is 0.533. The van der Waals surface area contributed by atoms with Crippen molar-refractivity contribution in [1.29, 1.82) is 10.5 Å². The number of hydrogen-bond acceptors (Lipinski definition) is 2. The van der Waals surface area contributed by atoms with Crippen LogP contribution in [-0.4, -0.2) is 9.13 Å². The fourth-order valence-electron chi connectivity index (χ4n) is 7.33. The lowest BCUT2D eigenvalue weighted by Gasteiger charge is -2.17. The van der Waals surface area contributed by atoms with Crippen LogP contribution in [0.1, 0.15) is 11.1 Å². The van der Waals surface area contributed by atoms with E-state index in [2.05, 4.69) is 143 Å². The van der Waals surface area contributed by atoms with Gasteiger partial charge in [0.1, 0.15) is 0 Å². The van der Waals surface area contributed by atoms with Gasteiger partial charge in [-0.1, -0.05) is 91.0 Å². The third-order valence-corrected chi connectivity index (χ3v) is 9.35. The van der Waals surface area contributed by atoms with E-state index < -0.39 is 0 Å². The van der Waals surface area contributed by atoms with Gasteiger partial charge in [-0.3, -0.25) is 0 Å². The quantitative estimate of drug-likeness (QED) is 0.199. The van der Waals surface area contributed by atoms with Gasteiger partial charge in [-0.15, -0.1) is 0 Å². The molecular weight excluding hydrogens is 585 g/mol. The van der Waals surface area contributed by atoms with Gasteiger partial charge in [-0.25, -0.2) is 0 Å². The second-order valence-corrected chi connectivity index (χ2v) is 12.0. The Balaban J connectivity index is 1.27. The SMILES string of the molecule is N#Cc1cc(-c2cccc(-n3c4ccccc4c4ccccc43)c2)cc(-c2c(C#N)cccc2-n2c3ccccc3c3ccccc32)c1. The molecule has 4 nitrogen and oxygen atoms in total. The van der Waals surface area contributed by atoms with Crippen LogP contribution in [0.5, 0.6) is 0 Å². The van der Waals surface area contributed by atoms with Crippen molar-refractivity contribution in [2.45, 2.75) is 0 Å². The molecule has 0 spiro atoms. The number of nitrogens with zero attached hydrogens (tertiary/aromatic N) is 4. The summed E-state index contributed by atoms with van der Waals surface area (Å²) in [6, 6.07) is 58.8. The highest BCUT2D eigenvalue weighted by Gasteiger charge is 2.19. The van der Waals surface area contributed by atoms with Gasteiger partial charge in [0.25, 0.3) is 0 Å². The van der Waals surface area contributed by atoms with Crippen LogP contribution >= 0.6 is 0 Å². The van der Waals surface area contributed by atoms with Crippen molar-refractivity contribution in [2.75, 3.05) is 0 Å². The largest absolute Gasteiger partial charge is 0.309 e. The van der Waals surface area contributed by atoms with Crippen molar-refractivity contribution < 1.29 is 0 Å². The zero-order valence-electron chi connectivity index (χ0n) is 25.8. The van der Waals surface area contributed by atoms with E-state index in [1.165, 1.54) is 10.8 Å². The maximum atomic E-state index is 10.4. The van der Waals surface area contributed by atoms with E-state index in [4.69, 9.17) is 0 Å². The molecule has 0 N–H and O–H groups in total. The van der Waals surface area contributed by atoms with Crippen LogP contribution in [0.4, 0.5) is 0 Å². The lowest BCUT2D eigenvalue weighted by Crippen LogP contribution is -2.00. The Hall–Kier alpha value is -6.88. The Morgan fingerprint density at radius 1 is 0.396 bits per heavy atom. The molecule has 7 aromatic carbocycles. The molecule has 9 rings (SSSR count). The van der Waals surface area contributed by atoms with Gasteiger partial charge in [0.15, 0.2) is 0 Å². The molecule has 48 heavy (non-hydrogen) atoms. The van der Waals surface area contributed by atoms with Crippen molar-refractivity contribution in [1.82, 2.24) is 9.13 Å². The second kappa shape index (κ2) is 10.9. The summed E-state index contributed by atoms with van der Waals surface area (Å²) in [6.07, 6.45) is 0. The Morgan fingerprint density at radius 3 is 1.48 bits per heavy atom. The first kappa shape index (κ1) is 27.4. The molecule has 0 radical (unpaired) electrons. The molecule has 9 aromatic rings. The summed E-state index contributed by atoms with van der Waals surface area (Å²) in [5, 5.41) is 25.4. The normalized spacial score (nSPS) is 11.3. The van der Waals surface area contributed by atoms with E-state index in [1.54, 1.807) is 0 Å². The van der Waals surface area contributed by atoms with Crippen molar-refractivity contribution >= 4 is 43.6 Å². The molecule has 0 saturated carbocycles. The Labute approximate surface area is 277 Å². The molecule has 0 fully saturated rings. The van der Waals surface area contributed by atoms with E-state index in [9.17, 15) is 10.5 Å². The third-order valence-electron chi connectivity index (χ3n) is 9.35. The average Bonchev–Trinajstić information content (AvgIpc) is 3.67. The fraction of sp³-hybridized carbons (Fsp3) is 0. The molecule has 0 unspecified atom stereocenters. The number of aromatic nitrogens is 2. The van der Waals surface area contributed by atoms with Crippen LogP contribution in [0, 0.1) is 22.7 Å². The third kappa shape index (κ3) is 4.14. The first-order valence-electron chi connectivity index (χ1n) is 15.9. The maximum absolute atomic E-state index is 10.4. The molecule has 0 atom stereocenters. The predicted octanol–water partition coefficient (Wildman–Crippen LogP) is 11.0. The van der Waals surface area contributed by atoms with Gasteiger partial charge in [0.2, 0.25) is 0 Å². The average molecular weight is 611 g/mol. The van der Waals surface area contributed by atoms with Gasteiger partial charge >= 0.3 is 0 Å². The van der Waals surface area contributed by atoms with Crippen molar-refractivity contribution in [3.05, 3.63) is 169 Å². The molecule has 222 valence electrons. The van der Waals surface area contributed by atoms with Crippen LogP contribution in [0.25, 0.3) is 77.2 Å². The molecule has 2 heterocycles. The first-order chi connectivity index (χ1) is 23.7. The van der Waals surface area contributed by atoms with Gasteiger partial charge < -0.3 is 9.13 Å². The van der Waals surface area contributed by atoms with Crippen LogP contribution in [0.2, 0.25) is 0 Å². The molecule has 0 saturated heterocycles. The van der Waals surface area contributed by atoms with Crippen LogP contribution < -0.4 is 0 Å². The molecule has 4 heteroatoms. The summed E-state index contributed by atoms with van der Waals surface area (Å²) >= 11 is 0. The van der Waals surface area contributed by atoms with Crippen molar-refractivity contribution in [2.24, 2.45) is 0 Å². The zero-order valence-corrected chi connectivity index (χ0v) is 25.8.